The highest BCUT2D eigenvalue weighted by molar-refractivity contribution is 14.0. The number of aliphatic imine (C=N–C) groups is 1. The van der Waals surface area contributed by atoms with Crippen LogP contribution in [-0.2, 0) is 9.84 Å². The topological polar surface area (TPSA) is 65.0 Å². The standard InChI is InChI=1S/C16H28N4O2S2.HI/c1-16(2,3)24(21,22)13-7-18-15(17-4)20-10-8-19(9-11-20)14-6-5-12-23-14;/h5-6,12H,7-11,13H2,1-4H3,(H,17,18);1H. The van der Waals surface area contributed by atoms with Crippen molar-refractivity contribution in [1.29, 1.82) is 0 Å². The van der Waals surface area contributed by atoms with Crippen molar-refractivity contribution in [3.8, 4) is 0 Å². The van der Waals surface area contributed by atoms with E-state index in [0.29, 0.717) is 6.54 Å². The Kier molecular flexibility index (Phi) is 8.46. The molecule has 1 fully saturated rings. The Balaban J connectivity index is 0.00000312. The number of nitrogens with one attached hydrogen (secondary N) is 1. The summed E-state index contributed by atoms with van der Waals surface area (Å²) in [5.74, 6) is 0.898. The maximum Gasteiger partial charge on any atom is 0.193 e. The molecule has 9 heteroatoms. The van der Waals surface area contributed by atoms with Gasteiger partial charge in [0.1, 0.15) is 0 Å². The van der Waals surface area contributed by atoms with Crippen molar-refractivity contribution in [3.05, 3.63) is 17.5 Å². The highest BCUT2D eigenvalue weighted by Crippen LogP contribution is 2.22. The van der Waals surface area contributed by atoms with E-state index in [9.17, 15) is 8.42 Å². The molecule has 0 aliphatic carbocycles. The molecule has 0 unspecified atom stereocenters. The van der Waals surface area contributed by atoms with Crippen LogP contribution in [0.3, 0.4) is 0 Å². The zero-order chi connectivity index (χ0) is 17.8. The molecule has 0 saturated carbocycles. The van der Waals surface area contributed by atoms with Crippen LogP contribution >= 0.6 is 35.3 Å². The van der Waals surface area contributed by atoms with E-state index >= 15 is 0 Å². The third kappa shape index (κ3) is 5.99. The number of guanidine groups is 1. The normalized spacial score (nSPS) is 16.6. The van der Waals surface area contributed by atoms with Crippen LogP contribution in [0, 0.1) is 0 Å². The van der Waals surface area contributed by atoms with Crippen LogP contribution in [0.2, 0.25) is 0 Å². The first kappa shape index (κ1) is 22.5. The van der Waals surface area contributed by atoms with Gasteiger partial charge in [0, 0.05) is 39.8 Å². The number of hydrogen-bond donors (Lipinski definition) is 1. The van der Waals surface area contributed by atoms with Crippen molar-refractivity contribution >= 4 is 56.1 Å². The molecule has 1 aliphatic rings. The minimum absolute atomic E-state index is 0. The molecule has 0 amide bonds. The first-order chi connectivity index (χ1) is 11.2. The number of nitrogens with zero attached hydrogens (tertiary/aromatic N) is 3. The Labute approximate surface area is 172 Å². The molecule has 0 radical (unpaired) electrons. The number of rotatable bonds is 4. The number of halogens is 1. The maximum atomic E-state index is 12.2. The lowest BCUT2D eigenvalue weighted by atomic mass is 10.3. The summed E-state index contributed by atoms with van der Waals surface area (Å²) in [7, 11) is -1.37. The number of thiophene rings is 1. The van der Waals surface area contributed by atoms with Crippen molar-refractivity contribution in [2.45, 2.75) is 25.5 Å². The van der Waals surface area contributed by atoms with Crippen molar-refractivity contribution in [1.82, 2.24) is 10.2 Å². The average molecular weight is 500 g/mol. The van der Waals surface area contributed by atoms with Crippen LogP contribution in [0.4, 0.5) is 5.00 Å². The molecular weight excluding hydrogens is 471 g/mol. The van der Waals surface area contributed by atoms with Crippen molar-refractivity contribution in [3.63, 3.8) is 0 Å². The summed E-state index contributed by atoms with van der Waals surface area (Å²) in [4.78, 5) is 8.86. The van der Waals surface area contributed by atoms with Crippen LogP contribution in [0.5, 0.6) is 0 Å². The fourth-order valence-electron chi connectivity index (χ4n) is 2.52. The van der Waals surface area contributed by atoms with E-state index in [0.717, 1.165) is 32.1 Å². The van der Waals surface area contributed by atoms with E-state index in [1.807, 2.05) is 0 Å². The van der Waals surface area contributed by atoms with Gasteiger partial charge in [-0.3, -0.25) is 4.99 Å². The molecule has 1 N–H and O–H groups in total. The van der Waals surface area contributed by atoms with Gasteiger partial charge in [-0.1, -0.05) is 0 Å². The number of sulfone groups is 1. The second-order valence-electron chi connectivity index (χ2n) is 6.83. The Morgan fingerprint density at radius 1 is 1.28 bits per heavy atom. The summed E-state index contributed by atoms with van der Waals surface area (Å²) in [6.45, 7) is 9.25. The Bertz CT molecular complexity index is 646. The van der Waals surface area contributed by atoms with Gasteiger partial charge in [0.2, 0.25) is 0 Å². The van der Waals surface area contributed by atoms with Gasteiger partial charge < -0.3 is 15.1 Å². The Hall–Kier alpha value is -0.550. The summed E-state index contributed by atoms with van der Waals surface area (Å²) in [6.07, 6.45) is 0. The van der Waals surface area contributed by atoms with Crippen molar-refractivity contribution < 1.29 is 8.42 Å². The summed E-state index contributed by atoms with van der Waals surface area (Å²) < 4.78 is 23.6. The van der Waals surface area contributed by atoms with Gasteiger partial charge in [0.15, 0.2) is 15.8 Å². The van der Waals surface area contributed by atoms with Crippen LogP contribution in [0.1, 0.15) is 20.8 Å². The van der Waals surface area contributed by atoms with Gasteiger partial charge in [0.25, 0.3) is 0 Å². The van der Waals surface area contributed by atoms with Crippen molar-refractivity contribution in [2.24, 2.45) is 4.99 Å². The third-order valence-electron chi connectivity index (χ3n) is 4.20. The number of anilines is 1. The monoisotopic (exact) mass is 500 g/mol. The molecule has 1 aromatic rings. The quantitative estimate of drug-likeness (QED) is 0.391. The van der Waals surface area contributed by atoms with Gasteiger partial charge in [-0.15, -0.1) is 35.3 Å². The second-order valence-corrected chi connectivity index (χ2v) is 10.6. The number of hydrogen-bond acceptors (Lipinski definition) is 5. The van der Waals surface area contributed by atoms with Crippen molar-refractivity contribution in [2.75, 3.05) is 50.4 Å². The molecule has 1 aliphatic heterocycles. The minimum Gasteiger partial charge on any atom is -0.360 e. The minimum atomic E-state index is -3.11. The van der Waals surface area contributed by atoms with E-state index in [2.05, 4.69) is 37.6 Å². The molecule has 1 aromatic heterocycles. The van der Waals surface area contributed by atoms with Crippen LogP contribution < -0.4 is 10.2 Å². The molecule has 144 valence electrons. The fraction of sp³-hybridized carbons (Fsp3) is 0.688. The second kappa shape index (κ2) is 9.40. The molecule has 1 saturated heterocycles. The van der Waals surface area contributed by atoms with E-state index in [4.69, 9.17) is 0 Å². The van der Waals surface area contributed by atoms with E-state index in [1.165, 1.54) is 5.00 Å². The first-order valence-electron chi connectivity index (χ1n) is 8.21. The molecule has 0 aromatic carbocycles. The summed E-state index contributed by atoms with van der Waals surface area (Å²) in [5.41, 5.74) is 0. The summed E-state index contributed by atoms with van der Waals surface area (Å²) in [6, 6.07) is 4.22. The molecule has 0 spiro atoms. The molecule has 25 heavy (non-hydrogen) atoms. The highest BCUT2D eigenvalue weighted by Gasteiger charge is 2.28. The zero-order valence-corrected chi connectivity index (χ0v) is 19.3. The van der Waals surface area contributed by atoms with Crippen LogP contribution in [0.15, 0.2) is 22.5 Å². The predicted molar refractivity (Wildman–Crippen MR) is 118 cm³/mol. The van der Waals surface area contributed by atoms with Gasteiger partial charge in [0.05, 0.1) is 15.5 Å². The summed E-state index contributed by atoms with van der Waals surface area (Å²) >= 11 is 1.76. The zero-order valence-electron chi connectivity index (χ0n) is 15.4. The van der Waals surface area contributed by atoms with Crippen LogP contribution in [-0.4, -0.2) is 69.5 Å². The smallest absolute Gasteiger partial charge is 0.193 e. The molecule has 6 nitrogen and oxygen atoms in total. The Morgan fingerprint density at radius 3 is 2.40 bits per heavy atom. The van der Waals surface area contributed by atoms with E-state index < -0.39 is 14.6 Å². The van der Waals surface area contributed by atoms with Gasteiger partial charge >= 0.3 is 0 Å². The van der Waals surface area contributed by atoms with E-state index in [-0.39, 0.29) is 29.7 Å². The average Bonchev–Trinajstić information content (AvgIpc) is 3.05. The largest absolute Gasteiger partial charge is 0.360 e. The molecular formula is C16H29IN4O2S2. The number of piperazine rings is 1. The lowest BCUT2D eigenvalue weighted by Gasteiger charge is -2.37. The van der Waals surface area contributed by atoms with Gasteiger partial charge in [-0.05, 0) is 38.3 Å². The third-order valence-corrected chi connectivity index (χ3v) is 7.73. The highest BCUT2D eigenvalue weighted by atomic mass is 127. The maximum absolute atomic E-state index is 12.2. The lowest BCUT2D eigenvalue weighted by molar-refractivity contribution is 0.374. The predicted octanol–water partition coefficient (Wildman–Crippen LogP) is 2.28. The Morgan fingerprint density at radius 2 is 1.92 bits per heavy atom. The molecule has 2 rings (SSSR count). The fourth-order valence-corrected chi connectivity index (χ4v) is 4.29. The van der Waals surface area contributed by atoms with E-state index in [1.54, 1.807) is 39.2 Å². The first-order valence-corrected chi connectivity index (χ1v) is 10.7. The summed E-state index contributed by atoms with van der Waals surface area (Å²) in [5, 5.41) is 6.59. The van der Waals surface area contributed by atoms with Crippen LogP contribution in [0.25, 0.3) is 0 Å². The van der Waals surface area contributed by atoms with Gasteiger partial charge in [-0.2, -0.15) is 0 Å². The van der Waals surface area contributed by atoms with Gasteiger partial charge in [-0.25, -0.2) is 8.42 Å². The molecule has 2 heterocycles. The molecule has 0 bridgehead atoms. The lowest BCUT2D eigenvalue weighted by Crippen LogP contribution is -2.53. The molecule has 0 atom stereocenters. The SMILES string of the molecule is CN=C(NCCS(=O)(=O)C(C)(C)C)N1CCN(c2cccs2)CC1.I.